The largest absolute Gasteiger partial charge is 0.495 e. The quantitative estimate of drug-likeness (QED) is 0.856. The second-order valence-corrected chi connectivity index (χ2v) is 6.77. The molecule has 2 bridgehead atoms. The number of halogens is 1. The lowest BCUT2D eigenvalue weighted by Gasteiger charge is -2.29. The molecule has 2 N–H and O–H groups in total. The third-order valence-corrected chi connectivity index (χ3v) is 5.30. The molecule has 0 spiro atoms. The lowest BCUT2D eigenvalue weighted by molar-refractivity contribution is 0.0923. The molecule has 2 saturated heterocycles. The summed E-state index contributed by atoms with van der Waals surface area (Å²) in [6.45, 7) is 0. The Morgan fingerprint density at radius 1 is 1.18 bits per heavy atom. The fourth-order valence-corrected chi connectivity index (χ4v) is 4.00. The number of rotatable bonds is 4. The summed E-state index contributed by atoms with van der Waals surface area (Å²) in [6.07, 6.45) is 4.45. The smallest absolute Gasteiger partial charge is 0.251 e. The molecule has 2 fully saturated rings. The summed E-state index contributed by atoms with van der Waals surface area (Å²) in [5.74, 6) is 1.11. The number of carbonyl (C=O) groups excluding carboxylic acids is 1. The van der Waals surface area contributed by atoms with Crippen molar-refractivity contribution in [2.45, 2.75) is 43.8 Å². The van der Waals surface area contributed by atoms with Crippen molar-refractivity contribution in [2.75, 3.05) is 14.2 Å². The molecule has 2 aliphatic heterocycles. The van der Waals surface area contributed by atoms with Gasteiger partial charge in [-0.1, -0.05) is 0 Å². The lowest BCUT2D eigenvalue weighted by atomic mass is 9.99. The number of piperidine rings is 1. The Morgan fingerprint density at radius 2 is 1.73 bits per heavy atom. The molecule has 0 aliphatic carbocycles. The summed E-state index contributed by atoms with van der Waals surface area (Å²) in [7, 11) is 3.15. The zero-order valence-corrected chi connectivity index (χ0v) is 14.4. The van der Waals surface area contributed by atoms with E-state index in [1.165, 1.54) is 12.8 Å². The maximum Gasteiger partial charge on any atom is 0.251 e. The van der Waals surface area contributed by atoms with Gasteiger partial charge in [0, 0.05) is 23.7 Å². The van der Waals surface area contributed by atoms with Crippen LogP contribution in [0.4, 0.5) is 0 Å². The first-order chi connectivity index (χ1) is 10.6. The van der Waals surface area contributed by atoms with Gasteiger partial charge in [0.1, 0.15) is 16.0 Å². The Hall–Kier alpha value is -1.27. The van der Waals surface area contributed by atoms with Crippen molar-refractivity contribution in [3.05, 3.63) is 22.2 Å². The van der Waals surface area contributed by atoms with E-state index in [9.17, 15) is 4.79 Å². The van der Waals surface area contributed by atoms with Crippen LogP contribution in [0.5, 0.6) is 11.5 Å². The Balaban J connectivity index is 1.74. The first kappa shape index (κ1) is 15.6. The first-order valence-corrected chi connectivity index (χ1v) is 8.38. The summed E-state index contributed by atoms with van der Waals surface area (Å²) in [4.78, 5) is 12.5. The SMILES string of the molecule is COc1cc(C(=O)NC2CC3CCC(C2)N3)cc(OC)c1Br. The van der Waals surface area contributed by atoms with E-state index < -0.39 is 0 Å². The van der Waals surface area contributed by atoms with Crippen LogP contribution in [0.25, 0.3) is 0 Å². The molecule has 2 unspecified atom stereocenters. The van der Waals surface area contributed by atoms with Crippen LogP contribution in [0.3, 0.4) is 0 Å². The van der Waals surface area contributed by atoms with Gasteiger partial charge in [-0.25, -0.2) is 0 Å². The van der Waals surface area contributed by atoms with Gasteiger partial charge in [0.25, 0.3) is 5.91 Å². The number of methoxy groups -OCH3 is 2. The van der Waals surface area contributed by atoms with Crippen LogP contribution in [-0.2, 0) is 0 Å². The fraction of sp³-hybridized carbons (Fsp3) is 0.562. The molecule has 2 atom stereocenters. The normalized spacial score (nSPS) is 26.6. The second kappa shape index (κ2) is 6.46. The number of ether oxygens (including phenoxy) is 2. The summed E-state index contributed by atoms with van der Waals surface area (Å²) in [6, 6.07) is 4.82. The molecule has 3 rings (SSSR count). The van der Waals surface area contributed by atoms with Crippen LogP contribution in [0.1, 0.15) is 36.0 Å². The van der Waals surface area contributed by atoms with Gasteiger partial charge in [-0.05, 0) is 53.7 Å². The molecule has 5 nitrogen and oxygen atoms in total. The van der Waals surface area contributed by atoms with Crippen LogP contribution >= 0.6 is 15.9 Å². The maximum absolute atomic E-state index is 12.5. The second-order valence-electron chi connectivity index (χ2n) is 5.97. The molecule has 0 radical (unpaired) electrons. The van der Waals surface area contributed by atoms with E-state index in [4.69, 9.17) is 9.47 Å². The zero-order chi connectivity index (χ0) is 15.7. The summed E-state index contributed by atoms with van der Waals surface area (Å²) >= 11 is 3.42. The summed E-state index contributed by atoms with van der Waals surface area (Å²) < 4.78 is 11.3. The van der Waals surface area contributed by atoms with Gasteiger partial charge < -0.3 is 20.1 Å². The maximum atomic E-state index is 12.5. The number of carbonyl (C=O) groups is 1. The molecule has 6 heteroatoms. The van der Waals surface area contributed by atoms with Gasteiger partial charge in [-0.2, -0.15) is 0 Å². The topological polar surface area (TPSA) is 59.6 Å². The van der Waals surface area contributed by atoms with Crippen LogP contribution in [0, 0.1) is 0 Å². The van der Waals surface area contributed by atoms with E-state index in [1.807, 2.05) is 0 Å². The van der Waals surface area contributed by atoms with E-state index in [0.29, 0.717) is 33.6 Å². The fourth-order valence-electron chi connectivity index (χ4n) is 3.44. The van der Waals surface area contributed by atoms with Crippen molar-refractivity contribution in [2.24, 2.45) is 0 Å². The molecule has 1 aromatic rings. The highest BCUT2D eigenvalue weighted by Gasteiger charge is 2.34. The zero-order valence-electron chi connectivity index (χ0n) is 12.8. The standard InChI is InChI=1S/C16H21BrN2O3/c1-21-13-5-9(6-14(22-2)15(13)17)16(20)19-12-7-10-3-4-11(8-12)18-10/h5-6,10-12,18H,3-4,7-8H2,1-2H3,(H,19,20). The monoisotopic (exact) mass is 368 g/mol. The average molecular weight is 369 g/mol. The number of hydrogen-bond acceptors (Lipinski definition) is 4. The molecule has 0 saturated carbocycles. The van der Waals surface area contributed by atoms with Crippen molar-refractivity contribution >= 4 is 21.8 Å². The van der Waals surface area contributed by atoms with Gasteiger partial charge in [0.15, 0.2) is 0 Å². The summed E-state index contributed by atoms with van der Waals surface area (Å²) in [5.41, 5.74) is 0.558. The minimum atomic E-state index is -0.0737. The Labute approximate surface area is 138 Å². The molecule has 2 aliphatic rings. The predicted molar refractivity (Wildman–Crippen MR) is 87.7 cm³/mol. The molecule has 2 heterocycles. The molecule has 0 aromatic heterocycles. The molecule has 1 aromatic carbocycles. The summed E-state index contributed by atoms with van der Waals surface area (Å²) in [5, 5.41) is 6.73. The van der Waals surface area contributed by atoms with Crippen LogP contribution in [0.15, 0.2) is 16.6 Å². The minimum absolute atomic E-state index is 0.0737. The predicted octanol–water partition coefficient (Wildman–Crippen LogP) is 2.48. The first-order valence-electron chi connectivity index (χ1n) is 7.59. The Kier molecular flexibility index (Phi) is 4.59. The van der Waals surface area contributed by atoms with Crippen molar-refractivity contribution in [3.63, 3.8) is 0 Å². The number of amides is 1. The Morgan fingerprint density at radius 3 is 2.23 bits per heavy atom. The highest BCUT2D eigenvalue weighted by molar-refractivity contribution is 9.10. The van der Waals surface area contributed by atoms with Gasteiger partial charge in [0.05, 0.1) is 14.2 Å². The third-order valence-electron chi connectivity index (χ3n) is 4.52. The average Bonchev–Trinajstić information content (AvgIpc) is 2.86. The van der Waals surface area contributed by atoms with Gasteiger partial charge in [-0.15, -0.1) is 0 Å². The van der Waals surface area contributed by atoms with Gasteiger partial charge in [0.2, 0.25) is 0 Å². The van der Waals surface area contributed by atoms with Crippen molar-refractivity contribution in [1.82, 2.24) is 10.6 Å². The molecule has 1 amide bonds. The number of nitrogens with one attached hydrogen (secondary N) is 2. The van der Waals surface area contributed by atoms with E-state index >= 15 is 0 Å². The van der Waals surface area contributed by atoms with Crippen molar-refractivity contribution in [1.29, 1.82) is 0 Å². The van der Waals surface area contributed by atoms with Gasteiger partial charge in [-0.3, -0.25) is 4.79 Å². The van der Waals surface area contributed by atoms with E-state index in [2.05, 4.69) is 26.6 Å². The minimum Gasteiger partial charge on any atom is -0.495 e. The Bertz CT molecular complexity index is 542. The van der Waals surface area contributed by atoms with Crippen molar-refractivity contribution in [3.8, 4) is 11.5 Å². The van der Waals surface area contributed by atoms with E-state index in [0.717, 1.165) is 12.8 Å². The number of hydrogen-bond donors (Lipinski definition) is 2. The molecular weight excluding hydrogens is 348 g/mol. The van der Waals surface area contributed by atoms with E-state index in [1.54, 1.807) is 26.4 Å². The van der Waals surface area contributed by atoms with Crippen LogP contribution < -0.4 is 20.1 Å². The molecule has 22 heavy (non-hydrogen) atoms. The van der Waals surface area contributed by atoms with Crippen LogP contribution in [-0.4, -0.2) is 38.3 Å². The van der Waals surface area contributed by atoms with E-state index in [-0.39, 0.29) is 11.9 Å². The highest BCUT2D eigenvalue weighted by atomic mass is 79.9. The highest BCUT2D eigenvalue weighted by Crippen LogP contribution is 2.35. The van der Waals surface area contributed by atoms with Crippen LogP contribution in [0.2, 0.25) is 0 Å². The van der Waals surface area contributed by atoms with Gasteiger partial charge >= 0.3 is 0 Å². The lowest BCUT2D eigenvalue weighted by Crippen LogP contribution is -2.48. The molecule has 120 valence electrons. The number of fused-ring (bicyclic) bond motifs is 2. The van der Waals surface area contributed by atoms with Crippen molar-refractivity contribution < 1.29 is 14.3 Å². The number of benzene rings is 1. The molecular formula is C16H21BrN2O3. The third kappa shape index (κ3) is 3.08.